The lowest BCUT2D eigenvalue weighted by molar-refractivity contribution is 0.0584. The molecule has 0 bridgehead atoms. The Morgan fingerprint density at radius 3 is 2.30 bits per heavy atom. The molecule has 0 saturated carbocycles. The van der Waals surface area contributed by atoms with Gasteiger partial charge in [-0.3, -0.25) is 10.1 Å². The molecule has 0 aliphatic carbocycles. The Morgan fingerprint density at radius 1 is 0.907 bits per heavy atom. The zero-order valence-corrected chi connectivity index (χ0v) is 25.1. The van der Waals surface area contributed by atoms with Gasteiger partial charge in [0.25, 0.3) is 5.91 Å². The molecule has 1 fully saturated rings. The van der Waals surface area contributed by atoms with Crippen molar-refractivity contribution in [3.63, 3.8) is 0 Å². The zero-order valence-electron chi connectivity index (χ0n) is 25.1. The van der Waals surface area contributed by atoms with Gasteiger partial charge in [-0.25, -0.2) is 9.18 Å². The summed E-state index contributed by atoms with van der Waals surface area (Å²) < 4.78 is 19.2. The van der Waals surface area contributed by atoms with Crippen molar-refractivity contribution in [3.8, 4) is 16.9 Å². The summed E-state index contributed by atoms with van der Waals surface area (Å²) in [5, 5.41) is 12.8. The van der Waals surface area contributed by atoms with Gasteiger partial charge in [0.05, 0.1) is 11.3 Å². The van der Waals surface area contributed by atoms with Crippen LogP contribution in [-0.4, -0.2) is 66.2 Å². The topological polar surface area (TPSA) is 82.1 Å². The van der Waals surface area contributed by atoms with E-state index >= 15 is 0 Å². The van der Waals surface area contributed by atoms with E-state index in [2.05, 4.69) is 10.2 Å². The molecule has 1 heterocycles. The number of phenols is 1. The normalized spacial score (nSPS) is 13.9. The first-order valence-electron chi connectivity index (χ1n) is 15.5. The van der Waals surface area contributed by atoms with Crippen LogP contribution in [0.2, 0.25) is 0 Å². The fourth-order valence-electron chi connectivity index (χ4n) is 5.56. The fraction of sp³-hybridized carbons (Fsp3) is 0.429. The van der Waals surface area contributed by atoms with Crippen LogP contribution in [0.3, 0.4) is 0 Å². The maximum absolute atomic E-state index is 13.4. The maximum atomic E-state index is 13.4. The molecule has 1 saturated heterocycles. The number of carbonyl (C=O) groups excluding carboxylic acids is 2. The summed E-state index contributed by atoms with van der Waals surface area (Å²) in [7, 11) is 1.68. The van der Waals surface area contributed by atoms with Crippen LogP contribution in [0.15, 0.2) is 72.8 Å². The standard InChI is InChI=1S/C35H44FN3O4/c1-38(34(41)31-26-28(36)18-19-33(31)40)22-12-5-3-2-4-6-13-23-39-24-20-29(21-25-39)43-35(42)37-32-17-11-10-16-30(32)27-14-8-7-9-15-27/h7-11,14-19,26,29,40H,2-6,12-13,20-25H2,1H3,(H,37,42). The van der Waals surface area contributed by atoms with E-state index in [1.807, 2.05) is 54.6 Å². The second-order valence-electron chi connectivity index (χ2n) is 11.3. The SMILES string of the molecule is CN(CCCCCCCCCN1CCC(OC(=O)Nc2ccccc2-c2ccccc2)CC1)C(=O)c1cc(F)ccc1O. The molecule has 0 unspecified atom stereocenters. The van der Waals surface area contributed by atoms with Crippen LogP contribution in [0, 0.1) is 5.82 Å². The molecule has 7 nitrogen and oxygen atoms in total. The molecule has 0 atom stereocenters. The number of rotatable bonds is 14. The van der Waals surface area contributed by atoms with Gasteiger partial charge in [0.1, 0.15) is 17.7 Å². The predicted octanol–water partition coefficient (Wildman–Crippen LogP) is 7.71. The molecule has 230 valence electrons. The first kappa shape index (κ1) is 32.0. The molecule has 43 heavy (non-hydrogen) atoms. The monoisotopic (exact) mass is 589 g/mol. The lowest BCUT2D eigenvalue weighted by Crippen LogP contribution is -2.38. The number of carbonyl (C=O) groups is 2. The molecule has 2 amide bonds. The highest BCUT2D eigenvalue weighted by Gasteiger charge is 2.22. The summed E-state index contributed by atoms with van der Waals surface area (Å²) in [5.41, 5.74) is 2.78. The van der Waals surface area contributed by atoms with Crippen molar-refractivity contribution in [2.24, 2.45) is 0 Å². The Kier molecular flexibility index (Phi) is 12.4. The Labute approximate surface area is 254 Å². The Bertz CT molecular complexity index is 1310. The van der Waals surface area contributed by atoms with E-state index in [9.17, 15) is 19.1 Å². The van der Waals surface area contributed by atoms with E-state index in [1.165, 1.54) is 25.3 Å². The van der Waals surface area contributed by atoms with E-state index in [4.69, 9.17) is 4.74 Å². The number of para-hydroxylation sites is 1. The van der Waals surface area contributed by atoms with Gasteiger partial charge in [-0.05, 0) is 62.1 Å². The summed E-state index contributed by atoms with van der Waals surface area (Å²) in [6, 6.07) is 21.2. The van der Waals surface area contributed by atoms with Crippen molar-refractivity contribution < 1.29 is 23.8 Å². The van der Waals surface area contributed by atoms with Crippen molar-refractivity contribution in [2.45, 2.75) is 63.9 Å². The largest absolute Gasteiger partial charge is 0.507 e. The minimum absolute atomic E-state index is 0.00503. The summed E-state index contributed by atoms with van der Waals surface area (Å²) in [6.07, 6.45) is 8.99. The van der Waals surface area contributed by atoms with Gasteiger partial charge < -0.3 is 19.6 Å². The van der Waals surface area contributed by atoms with Crippen molar-refractivity contribution in [1.82, 2.24) is 9.80 Å². The first-order chi connectivity index (χ1) is 20.9. The van der Waals surface area contributed by atoms with E-state index in [0.717, 1.165) is 87.1 Å². The van der Waals surface area contributed by atoms with Gasteiger partial charge in [-0.15, -0.1) is 0 Å². The maximum Gasteiger partial charge on any atom is 0.411 e. The molecule has 0 aromatic heterocycles. The second-order valence-corrected chi connectivity index (χ2v) is 11.3. The molecule has 1 aliphatic heterocycles. The lowest BCUT2D eigenvalue weighted by Gasteiger charge is -2.31. The van der Waals surface area contributed by atoms with Crippen LogP contribution in [0.5, 0.6) is 5.75 Å². The number of nitrogens with zero attached hydrogens (tertiary/aromatic N) is 2. The average molecular weight is 590 g/mol. The highest BCUT2D eigenvalue weighted by Crippen LogP contribution is 2.28. The van der Waals surface area contributed by atoms with Crippen LogP contribution in [0.25, 0.3) is 11.1 Å². The van der Waals surface area contributed by atoms with Crippen molar-refractivity contribution in [3.05, 3.63) is 84.2 Å². The number of hydrogen-bond donors (Lipinski definition) is 2. The van der Waals surface area contributed by atoms with Gasteiger partial charge in [-0.1, -0.05) is 80.6 Å². The number of amides is 2. The van der Waals surface area contributed by atoms with E-state index < -0.39 is 11.9 Å². The van der Waals surface area contributed by atoms with Gasteiger partial charge in [-0.2, -0.15) is 0 Å². The highest BCUT2D eigenvalue weighted by molar-refractivity contribution is 5.96. The van der Waals surface area contributed by atoms with Crippen LogP contribution in [-0.2, 0) is 4.74 Å². The number of benzene rings is 3. The third-order valence-electron chi connectivity index (χ3n) is 8.06. The molecule has 4 rings (SSSR count). The molecule has 2 N–H and O–H groups in total. The number of piperidine rings is 1. The molecule has 1 aliphatic rings. The Balaban J connectivity index is 1.02. The van der Waals surface area contributed by atoms with Crippen molar-refractivity contribution in [2.75, 3.05) is 38.5 Å². The minimum atomic E-state index is -0.533. The zero-order chi connectivity index (χ0) is 30.4. The third kappa shape index (κ3) is 10.1. The van der Waals surface area contributed by atoms with E-state index in [1.54, 1.807) is 11.9 Å². The number of halogens is 1. The molecule has 0 radical (unpaired) electrons. The average Bonchev–Trinajstić information content (AvgIpc) is 3.02. The summed E-state index contributed by atoms with van der Waals surface area (Å²) in [5.74, 6) is -1.09. The first-order valence-corrected chi connectivity index (χ1v) is 15.5. The number of phenolic OH excluding ortho intramolecular Hbond substituents is 1. The number of likely N-dealkylation sites (tertiary alicyclic amines) is 1. The number of hydrogen-bond acceptors (Lipinski definition) is 5. The van der Waals surface area contributed by atoms with Crippen LogP contribution < -0.4 is 5.32 Å². The fourth-order valence-corrected chi connectivity index (χ4v) is 5.56. The summed E-state index contributed by atoms with van der Waals surface area (Å²) in [4.78, 5) is 29.1. The van der Waals surface area contributed by atoms with Crippen LogP contribution in [0.1, 0.15) is 68.1 Å². The Morgan fingerprint density at radius 2 is 1.56 bits per heavy atom. The third-order valence-corrected chi connectivity index (χ3v) is 8.06. The van der Waals surface area contributed by atoms with Gasteiger partial charge in [0.15, 0.2) is 0 Å². The number of unbranched alkanes of at least 4 members (excludes halogenated alkanes) is 6. The molecular weight excluding hydrogens is 545 g/mol. The smallest absolute Gasteiger partial charge is 0.411 e. The Hall–Kier alpha value is -3.91. The quantitative estimate of drug-likeness (QED) is 0.188. The number of aromatic hydroxyl groups is 1. The summed E-state index contributed by atoms with van der Waals surface area (Å²) >= 11 is 0. The van der Waals surface area contributed by atoms with Crippen LogP contribution in [0.4, 0.5) is 14.9 Å². The lowest BCUT2D eigenvalue weighted by atomic mass is 10.0. The predicted molar refractivity (Wildman–Crippen MR) is 169 cm³/mol. The van der Waals surface area contributed by atoms with Gasteiger partial charge in [0.2, 0.25) is 0 Å². The number of nitrogens with one attached hydrogen (secondary N) is 1. The molecule has 0 spiro atoms. The van der Waals surface area contributed by atoms with Gasteiger partial charge >= 0.3 is 6.09 Å². The molecule has 3 aromatic rings. The highest BCUT2D eigenvalue weighted by atomic mass is 19.1. The van der Waals surface area contributed by atoms with E-state index in [0.29, 0.717) is 6.54 Å². The minimum Gasteiger partial charge on any atom is -0.507 e. The molecule has 3 aromatic carbocycles. The van der Waals surface area contributed by atoms with E-state index in [-0.39, 0.29) is 23.3 Å². The van der Waals surface area contributed by atoms with Gasteiger partial charge in [0, 0.05) is 32.2 Å². The second kappa shape index (κ2) is 16.7. The summed E-state index contributed by atoms with van der Waals surface area (Å²) in [6.45, 7) is 3.54. The van der Waals surface area contributed by atoms with Crippen molar-refractivity contribution >= 4 is 17.7 Å². The number of anilines is 1. The van der Waals surface area contributed by atoms with Crippen LogP contribution >= 0.6 is 0 Å². The van der Waals surface area contributed by atoms with Crippen molar-refractivity contribution in [1.29, 1.82) is 0 Å². The number of ether oxygens (including phenoxy) is 1. The molecule has 8 heteroatoms. The molecular formula is C35H44FN3O4.